The maximum absolute atomic E-state index is 13.5. The molecule has 3 aromatic rings. The minimum absolute atomic E-state index is 0.0578. The lowest BCUT2D eigenvalue weighted by atomic mass is 9.89. The van der Waals surface area contributed by atoms with Gasteiger partial charge in [-0.25, -0.2) is 4.98 Å². The van der Waals surface area contributed by atoms with Crippen molar-refractivity contribution in [3.8, 4) is 0 Å². The lowest BCUT2D eigenvalue weighted by Gasteiger charge is -2.43. The Morgan fingerprint density at radius 1 is 1.00 bits per heavy atom. The van der Waals surface area contributed by atoms with Gasteiger partial charge in [0.1, 0.15) is 10.8 Å². The average molecular weight is 454 g/mol. The molecule has 2 heterocycles. The molecule has 1 aromatic heterocycles. The number of carbonyl (C=O) groups excluding carboxylic acids is 2. The van der Waals surface area contributed by atoms with Crippen LogP contribution in [0.5, 0.6) is 0 Å². The van der Waals surface area contributed by atoms with E-state index >= 15 is 0 Å². The van der Waals surface area contributed by atoms with Crippen molar-refractivity contribution in [2.45, 2.75) is 32.4 Å². The Balaban J connectivity index is 1.80. The summed E-state index contributed by atoms with van der Waals surface area (Å²) in [7, 11) is 0. The van der Waals surface area contributed by atoms with E-state index in [-0.39, 0.29) is 39.8 Å². The first-order valence-corrected chi connectivity index (χ1v) is 10.7. The minimum atomic E-state index is -0.319. The van der Waals surface area contributed by atoms with Gasteiger partial charge in [-0.1, -0.05) is 59.6 Å². The molecule has 0 aliphatic carbocycles. The van der Waals surface area contributed by atoms with Crippen molar-refractivity contribution < 1.29 is 9.59 Å². The lowest BCUT2D eigenvalue weighted by Crippen LogP contribution is -2.47. The van der Waals surface area contributed by atoms with Crippen molar-refractivity contribution in [2.24, 2.45) is 0 Å². The summed E-state index contributed by atoms with van der Waals surface area (Å²) >= 11 is 12.3. The standard InChI is InChI=1S/C24H21Cl2N3O2/c1-15-14-21(29(16(2)30)17-8-4-3-5-9-17)18-10-6-7-11-20(18)28(15)24(31)23-19(25)12-13-22(26)27-23/h3-13,15,21H,14H2,1-2H3/t15-,21+/m0/s1. The van der Waals surface area contributed by atoms with Gasteiger partial charge in [-0.05, 0) is 49.2 Å². The Morgan fingerprint density at radius 3 is 2.39 bits per heavy atom. The molecule has 2 amide bonds. The number of amides is 2. The molecule has 2 atom stereocenters. The number of anilines is 2. The van der Waals surface area contributed by atoms with Gasteiger partial charge >= 0.3 is 0 Å². The average Bonchev–Trinajstić information content (AvgIpc) is 2.76. The molecule has 0 spiro atoms. The van der Waals surface area contributed by atoms with Gasteiger partial charge in [0.05, 0.1) is 11.1 Å². The Labute approximate surface area is 191 Å². The monoisotopic (exact) mass is 453 g/mol. The SMILES string of the molecule is CC(=O)N(c1ccccc1)[C@@H]1C[C@H](C)N(C(=O)c2nc(Cl)ccc2Cl)c2ccccc21. The molecule has 0 bridgehead atoms. The summed E-state index contributed by atoms with van der Waals surface area (Å²) in [5.74, 6) is -0.377. The predicted molar refractivity (Wildman–Crippen MR) is 124 cm³/mol. The largest absolute Gasteiger partial charge is 0.305 e. The maximum atomic E-state index is 13.5. The summed E-state index contributed by atoms with van der Waals surface area (Å²) in [5, 5.41) is 0.450. The van der Waals surface area contributed by atoms with E-state index in [1.165, 1.54) is 0 Å². The highest BCUT2D eigenvalue weighted by atomic mass is 35.5. The third-order valence-corrected chi connectivity index (χ3v) is 5.99. The van der Waals surface area contributed by atoms with Gasteiger partial charge in [0, 0.05) is 24.3 Å². The topological polar surface area (TPSA) is 53.5 Å². The molecule has 158 valence electrons. The fourth-order valence-corrected chi connectivity index (χ4v) is 4.52. The fourth-order valence-electron chi connectivity index (χ4n) is 4.19. The number of hydrogen-bond acceptors (Lipinski definition) is 3. The molecule has 0 saturated carbocycles. The molecular weight excluding hydrogens is 433 g/mol. The highest BCUT2D eigenvalue weighted by Gasteiger charge is 2.38. The highest BCUT2D eigenvalue weighted by molar-refractivity contribution is 6.35. The van der Waals surface area contributed by atoms with Gasteiger partial charge in [0.2, 0.25) is 5.91 Å². The summed E-state index contributed by atoms with van der Waals surface area (Å²) < 4.78 is 0. The molecule has 31 heavy (non-hydrogen) atoms. The molecule has 0 radical (unpaired) electrons. The first kappa shape index (κ1) is 21.3. The van der Waals surface area contributed by atoms with Gasteiger partial charge in [-0.15, -0.1) is 0 Å². The van der Waals surface area contributed by atoms with Gasteiger partial charge in [0.15, 0.2) is 0 Å². The Morgan fingerprint density at radius 2 is 1.68 bits per heavy atom. The van der Waals surface area contributed by atoms with E-state index in [1.807, 2.05) is 61.5 Å². The van der Waals surface area contributed by atoms with Crippen LogP contribution in [-0.4, -0.2) is 22.8 Å². The summed E-state index contributed by atoms with van der Waals surface area (Å²) in [6, 6.07) is 19.9. The molecule has 4 rings (SSSR count). The second-order valence-corrected chi connectivity index (χ2v) is 8.32. The summed E-state index contributed by atoms with van der Waals surface area (Å²) in [6.45, 7) is 3.52. The van der Waals surface area contributed by atoms with Gasteiger partial charge in [0.25, 0.3) is 5.91 Å². The van der Waals surface area contributed by atoms with Crippen molar-refractivity contribution in [1.29, 1.82) is 0 Å². The van der Waals surface area contributed by atoms with E-state index in [0.29, 0.717) is 6.42 Å². The zero-order chi connectivity index (χ0) is 22.1. The number of aromatic nitrogens is 1. The number of fused-ring (bicyclic) bond motifs is 1. The molecule has 7 heteroatoms. The molecule has 0 N–H and O–H groups in total. The van der Waals surface area contributed by atoms with Crippen LogP contribution >= 0.6 is 23.2 Å². The molecule has 0 fully saturated rings. The number of benzene rings is 2. The molecule has 0 unspecified atom stereocenters. The number of pyridine rings is 1. The molecule has 2 aromatic carbocycles. The van der Waals surface area contributed by atoms with E-state index < -0.39 is 0 Å². The first-order chi connectivity index (χ1) is 14.9. The van der Waals surface area contributed by atoms with Crippen molar-refractivity contribution >= 4 is 46.4 Å². The number of halogens is 2. The zero-order valence-electron chi connectivity index (χ0n) is 17.1. The van der Waals surface area contributed by atoms with Crippen LogP contribution in [0.4, 0.5) is 11.4 Å². The third kappa shape index (κ3) is 4.03. The smallest absolute Gasteiger partial charge is 0.278 e. The summed E-state index contributed by atoms with van der Waals surface area (Å²) in [5.41, 5.74) is 2.56. The Bertz CT molecular complexity index is 1140. The lowest BCUT2D eigenvalue weighted by molar-refractivity contribution is -0.117. The second kappa shape index (κ2) is 8.69. The zero-order valence-corrected chi connectivity index (χ0v) is 18.6. The molecule has 5 nitrogen and oxygen atoms in total. The van der Waals surface area contributed by atoms with Gasteiger partial charge in [-0.2, -0.15) is 0 Å². The van der Waals surface area contributed by atoms with Gasteiger partial charge in [-0.3, -0.25) is 9.59 Å². The number of nitrogens with zero attached hydrogens (tertiary/aromatic N) is 3. The minimum Gasteiger partial charge on any atom is -0.305 e. The quantitative estimate of drug-likeness (QED) is 0.462. The number of rotatable bonds is 3. The molecule has 0 saturated heterocycles. The normalized spacial score (nSPS) is 17.7. The van der Waals surface area contributed by atoms with Crippen LogP contribution in [0.2, 0.25) is 10.2 Å². The third-order valence-electron chi connectivity index (χ3n) is 5.48. The number of hydrogen-bond donors (Lipinski definition) is 0. The van der Waals surface area contributed by atoms with E-state index in [9.17, 15) is 9.59 Å². The van der Waals surface area contributed by atoms with Crippen LogP contribution in [0.15, 0.2) is 66.7 Å². The second-order valence-electron chi connectivity index (χ2n) is 7.52. The van der Waals surface area contributed by atoms with E-state index in [2.05, 4.69) is 4.98 Å². The first-order valence-electron chi connectivity index (χ1n) is 9.98. The van der Waals surface area contributed by atoms with Crippen LogP contribution in [0.25, 0.3) is 0 Å². The van der Waals surface area contributed by atoms with Crippen molar-refractivity contribution in [3.05, 3.63) is 88.2 Å². The summed E-state index contributed by atoms with van der Waals surface area (Å²) in [4.78, 5) is 33.8. The Kier molecular flexibility index (Phi) is 5.99. The molecular formula is C24H21Cl2N3O2. The van der Waals surface area contributed by atoms with Crippen molar-refractivity contribution in [1.82, 2.24) is 4.98 Å². The van der Waals surface area contributed by atoms with Gasteiger partial charge < -0.3 is 9.80 Å². The van der Waals surface area contributed by atoms with Crippen molar-refractivity contribution in [3.63, 3.8) is 0 Å². The van der Waals surface area contributed by atoms with Crippen molar-refractivity contribution in [2.75, 3.05) is 9.80 Å². The van der Waals surface area contributed by atoms with E-state index in [1.54, 1.807) is 28.9 Å². The predicted octanol–water partition coefficient (Wildman–Crippen LogP) is 5.92. The molecule has 1 aliphatic heterocycles. The number of carbonyl (C=O) groups is 2. The fraction of sp³-hybridized carbons (Fsp3) is 0.208. The van der Waals surface area contributed by atoms with E-state index in [4.69, 9.17) is 23.2 Å². The Hall–Kier alpha value is -2.89. The molecule has 1 aliphatic rings. The maximum Gasteiger partial charge on any atom is 0.278 e. The summed E-state index contributed by atoms with van der Waals surface area (Å²) in [6.07, 6.45) is 0.565. The van der Waals surface area contributed by atoms with Crippen LogP contribution < -0.4 is 9.80 Å². The van der Waals surface area contributed by atoms with Crippen LogP contribution in [0.1, 0.15) is 42.4 Å². The highest BCUT2D eigenvalue weighted by Crippen LogP contribution is 2.42. The number of para-hydroxylation sites is 2. The van der Waals surface area contributed by atoms with Crippen LogP contribution in [0.3, 0.4) is 0 Å². The van der Waals surface area contributed by atoms with Crippen LogP contribution in [0, 0.1) is 0 Å². The van der Waals surface area contributed by atoms with Crippen LogP contribution in [-0.2, 0) is 4.79 Å². The van der Waals surface area contributed by atoms with E-state index in [0.717, 1.165) is 16.9 Å².